The van der Waals surface area contributed by atoms with Crippen molar-refractivity contribution in [2.75, 3.05) is 25.4 Å². The Labute approximate surface area is 141 Å². The molecule has 0 aromatic carbocycles. The molecule has 10 heteroatoms. The molecule has 1 aromatic rings. The summed E-state index contributed by atoms with van der Waals surface area (Å²) < 4.78 is 8.82. The van der Waals surface area contributed by atoms with Crippen LogP contribution in [0.5, 0.6) is 0 Å². The Kier molecular flexibility index (Phi) is 6.32. The molecule has 0 saturated carbocycles. The molecule has 2 N–H and O–H groups in total. The van der Waals surface area contributed by atoms with Crippen molar-refractivity contribution in [1.29, 1.82) is 5.26 Å². The summed E-state index contributed by atoms with van der Waals surface area (Å²) in [4.78, 5) is 20.7. The summed E-state index contributed by atoms with van der Waals surface area (Å²) in [6.45, 7) is 3.60. The first-order valence-corrected chi connectivity index (χ1v) is 8.75. The average molecular weight is 356 g/mol. The van der Waals surface area contributed by atoms with E-state index in [9.17, 15) is 0 Å². The van der Waals surface area contributed by atoms with Gasteiger partial charge in [-0.1, -0.05) is 11.8 Å². The van der Waals surface area contributed by atoms with Crippen LogP contribution in [0.3, 0.4) is 0 Å². The smallest absolute Gasteiger partial charge is 0.414 e. The number of aliphatic carboxylic acids is 2. The first kappa shape index (κ1) is 17.7. The maximum absolute atomic E-state index is 9.10. The van der Waals surface area contributed by atoms with Crippen LogP contribution in [0, 0.1) is 17.2 Å². The van der Waals surface area contributed by atoms with Gasteiger partial charge in [-0.25, -0.2) is 9.59 Å². The van der Waals surface area contributed by atoms with Crippen molar-refractivity contribution in [3.05, 3.63) is 5.69 Å². The molecule has 2 bridgehead atoms. The molecule has 2 aliphatic rings. The Morgan fingerprint density at radius 2 is 2.09 bits per heavy atom. The van der Waals surface area contributed by atoms with Gasteiger partial charge < -0.3 is 15.1 Å². The Morgan fingerprint density at radius 1 is 1.35 bits per heavy atom. The van der Waals surface area contributed by atoms with Gasteiger partial charge in [-0.05, 0) is 25.3 Å². The van der Waals surface area contributed by atoms with Crippen LogP contribution in [0.4, 0.5) is 0 Å². The largest absolute Gasteiger partial charge is 0.473 e. The van der Waals surface area contributed by atoms with Crippen molar-refractivity contribution in [1.82, 2.24) is 13.6 Å². The number of carboxylic acids is 2. The van der Waals surface area contributed by atoms with Gasteiger partial charge in [0.15, 0.2) is 0 Å². The number of carboxylic acid groups (broad SMARTS) is 2. The van der Waals surface area contributed by atoms with E-state index in [1.165, 1.54) is 49.4 Å². The highest BCUT2D eigenvalue weighted by molar-refractivity contribution is 7.99. The molecule has 124 valence electrons. The van der Waals surface area contributed by atoms with E-state index < -0.39 is 11.9 Å². The topological polar surface area (TPSA) is 127 Å². The number of piperidine rings is 1. The predicted molar refractivity (Wildman–Crippen MR) is 83.4 cm³/mol. The van der Waals surface area contributed by atoms with Crippen LogP contribution in [0.2, 0.25) is 0 Å². The van der Waals surface area contributed by atoms with Crippen LogP contribution >= 0.6 is 23.5 Å². The highest BCUT2D eigenvalue weighted by Gasteiger charge is 2.38. The maximum atomic E-state index is 9.10. The minimum absolute atomic E-state index is 0.472. The van der Waals surface area contributed by atoms with Gasteiger partial charge in [-0.15, -0.1) is 0 Å². The lowest BCUT2D eigenvalue weighted by atomic mass is 9.89. The fourth-order valence-electron chi connectivity index (χ4n) is 2.94. The van der Waals surface area contributed by atoms with Crippen molar-refractivity contribution in [3.63, 3.8) is 0 Å². The monoisotopic (exact) mass is 356 g/mol. The SMILES string of the molecule is N#CCSc1nsnc1C1CN2CCCC1C2.O=C(O)C(=O)O. The van der Waals surface area contributed by atoms with E-state index in [4.69, 9.17) is 25.1 Å². The number of thioether (sulfide) groups is 1. The number of nitrogens with zero attached hydrogens (tertiary/aromatic N) is 4. The number of hydrogen-bond donors (Lipinski definition) is 2. The highest BCUT2D eigenvalue weighted by atomic mass is 32.2. The summed E-state index contributed by atoms with van der Waals surface area (Å²) in [6.07, 6.45) is 2.64. The van der Waals surface area contributed by atoms with Gasteiger partial charge in [-0.3, -0.25) is 0 Å². The lowest BCUT2D eigenvalue weighted by molar-refractivity contribution is -0.159. The third kappa shape index (κ3) is 4.63. The Bertz CT molecular complexity index is 603. The minimum Gasteiger partial charge on any atom is -0.473 e. The summed E-state index contributed by atoms with van der Waals surface area (Å²) in [5.74, 6) is -1.86. The van der Waals surface area contributed by atoms with Gasteiger partial charge in [0.05, 0.1) is 29.2 Å². The molecule has 3 unspecified atom stereocenters. The quantitative estimate of drug-likeness (QED) is 0.604. The molecule has 0 aliphatic carbocycles. The van der Waals surface area contributed by atoms with Gasteiger partial charge in [0.25, 0.3) is 0 Å². The zero-order valence-electron chi connectivity index (χ0n) is 12.2. The van der Waals surface area contributed by atoms with Crippen LogP contribution in [-0.4, -0.2) is 61.2 Å². The van der Waals surface area contributed by atoms with Crippen LogP contribution in [0.15, 0.2) is 5.03 Å². The molecule has 8 nitrogen and oxygen atoms in total. The first-order valence-electron chi connectivity index (χ1n) is 7.03. The summed E-state index contributed by atoms with van der Waals surface area (Å²) in [6, 6.07) is 2.16. The third-order valence-electron chi connectivity index (χ3n) is 3.86. The minimum atomic E-state index is -1.82. The summed E-state index contributed by atoms with van der Waals surface area (Å²) in [5.41, 5.74) is 1.16. The van der Waals surface area contributed by atoms with Gasteiger partial charge in [0.1, 0.15) is 5.03 Å². The van der Waals surface area contributed by atoms with Crippen molar-refractivity contribution in [3.8, 4) is 6.07 Å². The lowest BCUT2D eigenvalue weighted by Gasteiger charge is -2.21. The molecule has 3 atom stereocenters. The number of hydrogen-bond acceptors (Lipinski definition) is 8. The zero-order chi connectivity index (χ0) is 16.8. The van der Waals surface area contributed by atoms with Crippen molar-refractivity contribution < 1.29 is 19.8 Å². The number of aromatic nitrogens is 2. The molecule has 23 heavy (non-hydrogen) atoms. The van der Waals surface area contributed by atoms with E-state index in [2.05, 4.69) is 19.7 Å². The van der Waals surface area contributed by atoms with Crippen LogP contribution in [0.1, 0.15) is 24.5 Å². The van der Waals surface area contributed by atoms with Crippen LogP contribution in [-0.2, 0) is 9.59 Å². The molecule has 2 saturated heterocycles. The van der Waals surface area contributed by atoms with Crippen LogP contribution < -0.4 is 0 Å². The fourth-order valence-corrected chi connectivity index (χ4v) is 4.37. The molecule has 0 radical (unpaired) electrons. The molecule has 0 amide bonds. The Hall–Kier alpha value is -1.70. The second kappa shape index (κ2) is 8.24. The molecule has 3 rings (SSSR count). The van der Waals surface area contributed by atoms with Crippen molar-refractivity contribution >= 4 is 35.4 Å². The molecule has 1 aromatic heterocycles. The Morgan fingerprint density at radius 3 is 2.70 bits per heavy atom. The standard InChI is InChI=1S/C11H14N4S2.C2H2O4/c12-3-5-16-11-10(13-17-14-11)9-7-15-4-1-2-8(9)6-15;3-1(4)2(5)6/h8-9H,1-2,4-7H2;(H,3,4)(H,5,6). The van der Waals surface area contributed by atoms with Gasteiger partial charge in [0.2, 0.25) is 0 Å². The second-order valence-electron chi connectivity index (χ2n) is 5.28. The van der Waals surface area contributed by atoms with Gasteiger partial charge in [-0.2, -0.15) is 14.0 Å². The van der Waals surface area contributed by atoms with Crippen LogP contribution in [0.25, 0.3) is 0 Å². The number of nitriles is 1. The average Bonchev–Trinajstić information content (AvgIpc) is 3.09. The zero-order valence-corrected chi connectivity index (χ0v) is 13.8. The van der Waals surface area contributed by atoms with Gasteiger partial charge >= 0.3 is 11.9 Å². The maximum Gasteiger partial charge on any atom is 0.414 e. The predicted octanol–water partition coefficient (Wildman–Crippen LogP) is 1.12. The molecule has 2 fully saturated rings. The van der Waals surface area contributed by atoms with E-state index in [0.29, 0.717) is 11.7 Å². The Balaban J connectivity index is 0.000000277. The van der Waals surface area contributed by atoms with E-state index >= 15 is 0 Å². The third-order valence-corrected chi connectivity index (χ3v) is 5.36. The highest BCUT2D eigenvalue weighted by Crippen LogP contribution is 2.40. The molecular weight excluding hydrogens is 340 g/mol. The summed E-state index contributed by atoms with van der Waals surface area (Å²) in [5, 5.41) is 24.4. The van der Waals surface area contributed by atoms with E-state index in [0.717, 1.165) is 23.2 Å². The number of carbonyl (C=O) groups is 2. The normalized spacial score (nSPS) is 25.1. The molecular formula is C13H16N4O4S2. The molecule has 0 spiro atoms. The van der Waals surface area contributed by atoms with E-state index in [1.54, 1.807) is 0 Å². The summed E-state index contributed by atoms with van der Waals surface area (Å²) in [7, 11) is 0. The van der Waals surface area contributed by atoms with E-state index in [-0.39, 0.29) is 0 Å². The summed E-state index contributed by atoms with van der Waals surface area (Å²) >= 11 is 2.82. The second-order valence-corrected chi connectivity index (χ2v) is 6.77. The van der Waals surface area contributed by atoms with Crippen molar-refractivity contribution in [2.45, 2.75) is 23.8 Å². The molecule has 3 heterocycles. The number of rotatable bonds is 3. The molecule has 2 aliphatic heterocycles. The fraction of sp³-hybridized carbons (Fsp3) is 0.615. The van der Waals surface area contributed by atoms with Gasteiger partial charge in [0, 0.05) is 19.0 Å². The lowest BCUT2D eigenvalue weighted by Crippen LogP contribution is -2.25. The van der Waals surface area contributed by atoms with Crippen molar-refractivity contribution in [2.24, 2.45) is 5.92 Å². The number of fused-ring (bicyclic) bond motifs is 2. The van der Waals surface area contributed by atoms with E-state index in [1.807, 2.05) is 0 Å². The first-order chi connectivity index (χ1) is 11.0.